The predicted octanol–water partition coefficient (Wildman–Crippen LogP) is 7.17. The van der Waals surface area contributed by atoms with Gasteiger partial charge in [0.25, 0.3) is 0 Å². The fourth-order valence-electron chi connectivity index (χ4n) is 4.15. The van der Waals surface area contributed by atoms with Gasteiger partial charge >= 0.3 is 17.8 Å². The highest BCUT2D eigenvalue weighted by Crippen LogP contribution is 2.67. The molecule has 2 fully saturated rings. The number of allylic oxidation sites excluding steroid dienone is 2. The maximum atomic E-state index is 15.3. The number of rotatable bonds is 6. The van der Waals surface area contributed by atoms with E-state index in [1.165, 1.54) is 12.1 Å². The van der Waals surface area contributed by atoms with Crippen LogP contribution in [-0.2, 0) is 18.9 Å². The molecule has 35 heavy (non-hydrogen) atoms. The first-order chi connectivity index (χ1) is 16.5. The van der Waals surface area contributed by atoms with E-state index < -0.39 is 41.5 Å². The first-order valence-electron chi connectivity index (χ1n) is 10.3. The van der Waals surface area contributed by atoms with Crippen LogP contribution in [0.25, 0.3) is 11.1 Å². The monoisotopic (exact) mass is 576 g/mol. The lowest BCUT2D eigenvalue weighted by molar-refractivity contribution is -0.254. The van der Waals surface area contributed by atoms with Crippen molar-refractivity contribution < 1.29 is 45.3 Å². The highest BCUT2D eigenvalue weighted by molar-refractivity contribution is 8.00. The number of halogens is 6. The molecule has 4 nitrogen and oxygen atoms in total. The summed E-state index contributed by atoms with van der Waals surface area (Å²) in [6.45, 7) is 1.08. The molecule has 0 bridgehead atoms. The Balaban J connectivity index is 1.76. The zero-order chi connectivity index (χ0) is 25.2. The first kappa shape index (κ1) is 25.9. The molecule has 0 aromatic carbocycles. The summed E-state index contributed by atoms with van der Waals surface area (Å²) in [4.78, 5) is 0.679. The van der Waals surface area contributed by atoms with Crippen LogP contribution >= 0.6 is 46.2 Å². The lowest BCUT2D eigenvalue weighted by Gasteiger charge is -2.25. The molecule has 2 saturated heterocycles. The minimum Gasteiger partial charge on any atom is -0.345 e. The number of hydrogen-bond acceptors (Lipinski definition) is 8. The summed E-state index contributed by atoms with van der Waals surface area (Å²) >= 11 is 3.99. The lowest BCUT2D eigenvalue weighted by atomic mass is 9.97. The van der Waals surface area contributed by atoms with E-state index in [1.807, 2.05) is 0 Å². The van der Waals surface area contributed by atoms with Crippen LogP contribution in [0.15, 0.2) is 20.6 Å². The average Bonchev–Trinajstić information content (AvgIpc) is 3.61. The SMILES string of the molecule is CSc1sc(C2OCCO2)cc1C1=C(c2cc(C3OCCO3)sc2SC)C(F)(F)C(F)(F)C1(F)F. The maximum absolute atomic E-state index is 15.3. The highest BCUT2D eigenvalue weighted by atomic mass is 32.2. The van der Waals surface area contributed by atoms with Crippen LogP contribution in [0.4, 0.5) is 26.3 Å². The fourth-order valence-corrected chi connectivity index (χ4v) is 7.94. The standard InChI is InChI=1S/C21H18F6O4S4/c1-32-17-9(7-11(34-17)15-28-3-4-29-15)13-14(20(24,25)21(26,27)19(13,22)23)10-8-12(35-18(10)33-2)16-30-5-6-31-16/h7-8,15-16H,3-6H2,1-2H3. The Hall–Kier alpha value is -0.740. The quantitative estimate of drug-likeness (QED) is 0.268. The third-order valence-corrected chi connectivity index (χ3v) is 10.3. The van der Waals surface area contributed by atoms with Crippen molar-refractivity contribution >= 4 is 57.3 Å². The lowest BCUT2D eigenvalue weighted by Crippen LogP contribution is -2.48. The van der Waals surface area contributed by atoms with Gasteiger partial charge in [-0.25, -0.2) is 0 Å². The van der Waals surface area contributed by atoms with Gasteiger partial charge in [-0.1, -0.05) is 0 Å². The van der Waals surface area contributed by atoms with Crippen LogP contribution in [0.1, 0.15) is 33.5 Å². The van der Waals surface area contributed by atoms with Gasteiger partial charge in [-0.15, -0.1) is 46.2 Å². The van der Waals surface area contributed by atoms with Gasteiger partial charge < -0.3 is 18.9 Å². The predicted molar refractivity (Wildman–Crippen MR) is 123 cm³/mol. The van der Waals surface area contributed by atoms with Gasteiger partial charge in [-0.05, 0) is 24.6 Å². The Labute approximate surface area is 212 Å². The van der Waals surface area contributed by atoms with E-state index in [2.05, 4.69) is 0 Å². The molecular formula is C21H18F6O4S4. The molecule has 0 amide bonds. The summed E-state index contributed by atoms with van der Waals surface area (Å²) in [5, 5.41) is 0. The Morgan fingerprint density at radius 1 is 0.686 bits per heavy atom. The normalized spacial score (nSPS) is 24.2. The van der Waals surface area contributed by atoms with Crippen molar-refractivity contribution in [1.29, 1.82) is 0 Å². The van der Waals surface area contributed by atoms with E-state index in [9.17, 15) is 8.78 Å². The third kappa shape index (κ3) is 3.90. The number of ether oxygens (including phenoxy) is 4. The largest absolute Gasteiger partial charge is 0.380 e. The molecule has 0 atom stereocenters. The third-order valence-electron chi connectivity index (χ3n) is 5.72. The average molecular weight is 577 g/mol. The van der Waals surface area contributed by atoms with Crippen LogP contribution < -0.4 is 0 Å². The molecule has 3 aliphatic rings. The van der Waals surface area contributed by atoms with Crippen LogP contribution in [0.2, 0.25) is 0 Å². The molecule has 192 valence electrons. The second-order valence-electron chi connectivity index (χ2n) is 7.73. The topological polar surface area (TPSA) is 36.9 Å². The summed E-state index contributed by atoms with van der Waals surface area (Å²) in [5.74, 6) is -15.9. The number of alkyl halides is 6. The van der Waals surface area contributed by atoms with Crippen molar-refractivity contribution in [3.8, 4) is 0 Å². The zero-order valence-corrected chi connectivity index (χ0v) is 21.4. The molecule has 2 aromatic heterocycles. The molecule has 14 heteroatoms. The summed E-state index contributed by atoms with van der Waals surface area (Å²) in [6, 6.07) is 2.39. The summed E-state index contributed by atoms with van der Waals surface area (Å²) in [6.07, 6.45) is 1.38. The summed E-state index contributed by atoms with van der Waals surface area (Å²) in [5.41, 5.74) is -3.52. The molecule has 2 aliphatic heterocycles. The van der Waals surface area contributed by atoms with Gasteiger partial charge in [0.15, 0.2) is 12.6 Å². The molecule has 1 aliphatic carbocycles. The minimum absolute atomic E-state index is 0.184. The second-order valence-corrected chi connectivity index (χ2v) is 12.0. The van der Waals surface area contributed by atoms with Crippen LogP contribution in [-0.4, -0.2) is 56.7 Å². The van der Waals surface area contributed by atoms with Gasteiger partial charge in [0, 0.05) is 22.3 Å². The Kier molecular flexibility index (Phi) is 6.82. The van der Waals surface area contributed by atoms with Gasteiger partial charge in [0.1, 0.15) is 0 Å². The van der Waals surface area contributed by atoms with Crippen molar-refractivity contribution in [2.45, 2.75) is 38.8 Å². The Morgan fingerprint density at radius 3 is 1.34 bits per heavy atom. The Bertz CT molecular complexity index is 1060. The van der Waals surface area contributed by atoms with Crippen LogP contribution in [0.3, 0.4) is 0 Å². The summed E-state index contributed by atoms with van der Waals surface area (Å²) < 4.78 is 113. The van der Waals surface area contributed by atoms with Gasteiger partial charge in [-0.2, -0.15) is 26.3 Å². The molecule has 0 radical (unpaired) electrons. The maximum Gasteiger partial charge on any atom is 0.380 e. The van der Waals surface area contributed by atoms with Crippen molar-refractivity contribution in [2.24, 2.45) is 0 Å². The van der Waals surface area contributed by atoms with E-state index in [0.717, 1.165) is 46.2 Å². The fraction of sp³-hybridized carbons (Fsp3) is 0.524. The van der Waals surface area contributed by atoms with E-state index in [-0.39, 0.29) is 46.0 Å². The molecule has 4 heterocycles. The molecule has 2 aromatic rings. The number of hydrogen-bond donors (Lipinski definition) is 0. The van der Waals surface area contributed by atoms with E-state index in [0.29, 0.717) is 9.75 Å². The zero-order valence-electron chi connectivity index (χ0n) is 18.2. The highest BCUT2D eigenvalue weighted by Gasteiger charge is 2.80. The molecule has 0 saturated carbocycles. The first-order valence-corrected chi connectivity index (χ1v) is 14.3. The smallest absolute Gasteiger partial charge is 0.345 e. The van der Waals surface area contributed by atoms with Crippen molar-refractivity contribution in [1.82, 2.24) is 0 Å². The van der Waals surface area contributed by atoms with Gasteiger partial charge in [0.05, 0.1) is 44.6 Å². The molecular weight excluding hydrogens is 558 g/mol. The number of thiophene rings is 2. The molecule has 5 rings (SSSR count). The van der Waals surface area contributed by atoms with Gasteiger partial charge in [0.2, 0.25) is 0 Å². The van der Waals surface area contributed by atoms with E-state index in [1.54, 1.807) is 12.5 Å². The van der Waals surface area contributed by atoms with E-state index >= 15 is 17.6 Å². The number of thioether (sulfide) groups is 2. The van der Waals surface area contributed by atoms with Crippen LogP contribution in [0, 0.1) is 0 Å². The molecule has 0 spiro atoms. The summed E-state index contributed by atoms with van der Waals surface area (Å²) in [7, 11) is 0. The van der Waals surface area contributed by atoms with Gasteiger partial charge in [-0.3, -0.25) is 0 Å². The molecule has 0 unspecified atom stereocenters. The van der Waals surface area contributed by atoms with Crippen molar-refractivity contribution in [2.75, 3.05) is 38.9 Å². The molecule has 0 N–H and O–H groups in total. The minimum atomic E-state index is -5.64. The van der Waals surface area contributed by atoms with Crippen molar-refractivity contribution in [3.05, 3.63) is 33.0 Å². The van der Waals surface area contributed by atoms with Crippen LogP contribution in [0.5, 0.6) is 0 Å². The van der Waals surface area contributed by atoms with E-state index in [4.69, 9.17) is 18.9 Å². The Morgan fingerprint density at radius 2 is 1.03 bits per heavy atom. The van der Waals surface area contributed by atoms with Crippen molar-refractivity contribution in [3.63, 3.8) is 0 Å². The second kappa shape index (κ2) is 9.22.